The molecule has 0 spiro atoms. The van der Waals surface area contributed by atoms with Crippen LogP contribution in [0, 0.1) is 17.8 Å². The second-order valence-electron chi connectivity index (χ2n) is 13.8. The zero-order valence-electron chi connectivity index (χ0n) is 28.6. The van der Waals surface area contributed by atoms with Crippen molar-refractivity contribution in [2.45, 2.75) is 122 Å². The zero-order valence-corrected chi connectivity index (χ0v) is 28.6. The Morgan fingerprint density at radius 3 is 1.19 bits per heavy atom. The molecule has 0 aromatic carbocycles. The average Bonchev–Trinajstić information content (AvgIpc) is 3.77. The fourth-order valence-electron chi connectivity index (χ4n) is 7.92. The van der Waals surface area contributed by atoms with Gasteiger partial charge < -0.3 is 42.5 Å². The molecule has 8 N–H and O–H groups in total. The smallest absolute Gasteiger partial charge is 0.0107 e. The van der Waals surface area contributed by atoms with Gasteiger partial charge >= 0.3 is 0 Å². The maximum atomic E-state index is 3.93. The van der Waals surface area contributed by atoms with Crippen LogP contribution in [0.3, 0.4) is 0 Å². The van der Waals surface area contributed by atoms with Crippen molar-refractivity contribution in [3.63, 3.8) is 0 Å². The second-order valence-corrected chi connectivity index (χ2v) is 13.8. The molecule has 0 aromatic heterocycles. The number of nitrogens with one attached hydrogen (secondary N) is 8. The predicted octanol–water partition coefficient (Wildman–Crippen LogP) is 3.20. The molecule has 0 amide bonds. The Bertz CT molecular complexity index is 637. The molecule has 8 nitrogen and oxygen atoms in total. The number of unbranched alkanes of at least 4 members (excludes halogenated alkanes) is 1. The minimum Gasteiger partial charge on any atom is -0.317 e. The van der Waals surface area contributed by atoms with Crippen LogP contribution in [0.4, 0.5) is 0 Å². The first-order valence-electron chi connectivity index (χ1n) is 19.1. The SMILES string of the molecule is CCNCCCNCCCNCC1CCCC1NCCCCNC1CCCC1CNCCCNCC1CCCC1NCC. The van der Waals surface area contributed by atoms with Crippen molar-refractivity contribution < 1.29 is 0 Å². The van der Waals surface area contributed by atoms with Gasteiger partial charge in [0.05, 0.1) is 0 Å². The Morgan fingerprint density at radius 2 is 0.767 bits per heavy atom. The van der Waals surface area contributed by atoms with E-state index in [1.807, 2.05) is 0 Å². The number of rotatable bonds is 28. The van der Waals surface area contributed by atoms with Crippen molar-refractivity contribution in [1.29, 1.82) is 0 Å². The normalized spacial score (nSPS) is 27.5. The van der Waals surface area contributed by atoms with Gasteiger partial charge in [0.15, 0.2) is 0 Å². The summed E-state index contributed by atoms with van der Waals surface area (Å²) in [5.74, 6) is 2.47. The topological polar surface area (TPSA) is 96.2 Å². The first-order chi connectivity index (χ1) is 21.3. The summed E-state index contributed by atoms with van der Waals surface area (Å²) in [7, 11) is 0. The zero-order chi connectivity index (χ0) is 30.2. The fraction of sp³-hybridized carbons (Fsp3) is 1.00. The maximum Gasteiger partial charge on any atom is 0.0107 e. The molecule has 3 fully saturated rings. The minimum atomic E-state index is 0.725. The van der Waals surface area contributed by atoms with Gasteiger partial charge in [-0.15, -0.1) is 0 Å². The van der Waals surface area contributed by atoms with Crippen molar-refractivity contribution in [3.8, 4) is 0 Å². The van der Waals surface area contributed by atoms with Crippen molar-refractivity contribution >= 4 is 0 Å². The maximum absolute atomic E-state index is 3.93. The standard InChI is InChI=1S/C35H74N8/c1-3-36-19-10-20-37-21-11-22-38-28-31-14-8-17-34(31)42-25-5-6-26-43-35-18-9-15-32(35)29-40-24-12-23-39-27-30-13-7-16-33(30)41-4-2/h30-43H,3-29H2,1-2H3. The molecule has 0 aliphatic heterocycles. The molecule has 8 heteroatoms. The van der Waals surface area contributed by atoms with Crippen LogP contribution in [-0.2, 0) is 0 Å². The van der Waals surface area contributed by atoms with Crippen LogP contribution in [0.15, 0.2) is 0 Å². The van der Waals surface area contributed by atoms with Crippen molar-refractivity contribution in [1.82, 2.24) is 42.5 Å². The van der Waals surface area contributed by atoms with E-state index in [0.29, 0.717) is 0 Å². The summed E-state index contributed by atoms with van der Waals surface area (Å²) >= 11 is 0. The largest absolute Gasteiger partial charge is 0.317 e. The molecular weight excluding hydrogens is 532 g/mol. The van der Waals surface area contributed by atoms with Crippen molar-refractivity contribution in [3.05, 3.63) is 0 Å². The molecule has 254 valence electrons. The first-order valence-corrected chi connectivity index (χ1v) is 19.1. The van der Waals surface area contributed by atoms with Gasteiger partial charge in [-0.2, -0.15) is 0 Å². The van der Waals surface area contributed by atoms with Gasteiger partial charge in [-0.3, -0.25) is 0 Å². The van der Waals surface area contributed by atoms with Crippen LogP contribution in [0.2, 0.25) is 0 Å². The van der Waals surface area contributed by atoms with E-state index >= 15 is 0 Å². The fourth-order valence-corrected chi connectivity index (χ4v) is 7.92. The molecule has 43 heavy (non-hydrogen) atoms. The minimum absolute atomic E-state index is 0.725. The molecule has 6 atom stereocenters. The van der Waals surface area contributed by atoms with Crippen LogP contribution >= 0.6 is 0 Å². The third-order valence-corrected chi connectivity index (χ3v) is 10.5. The van der Waals surface area contributed by atoms with Crippen LogP contribution in [-0.4, -0.2) is 103 Å². The summed E-state index contributed by atoms with van der Waals surface area (Å²) in [4.78, 5) is 0. The summed E-state index contributed by atoms with van der Waals surface area (Å²) in [6, 6.07) is 2.20. The van der Waals surface area contributed by atoms with E-state index in [9.17, 15) is 0 Å². The summed E-state index contributed by atoms with van der Waals surface area (Å²) < 4.78 is 0. The van der Waals surface area contributed by atoms with E-state index in [1.54, 1.807) is 0 Å². The lowest BCUT2D eigenvalue weighted by molar-refractivity contribution is 0.362. The molecule has 6 unspecified atom stereocenters. The van der Waals surface area contributed by atoms with Gasteiger partial charge in [0, 0.05) is 18.1 Å². The molecular formula is C35H74N8. The number of hydrogen-bond acceptors (Lipinski definition) is 8. The summed E-state index contributed by atoms with van der Waals surface area (Å²) in [6.45, 7) is 19.3. The highest BCUT2D eigenvalue weighted by Gasteiger charge is 2.28. The predicted molar refractivity (Wildman–Crippen MR) is 186 cm³/mol. The molecule has 3 aliphatic rings. The van der Waals surface area contributed by atoms with E-state index < -0.39 is 0 Å². The van der Waals surface area contributed by atoms with E-state index in [2.05, 4.69) is 56.4 Å². The Hall–Kier alpha value is -0.320. The molecule has 3 aliphatic carbocycles. The van der Waals surface area contributed by atoms with Crippen LogP contribution in [0.25, 0.3) is 0 Å². The van der Waals surface area contributed by atoms with Crippen molar-refractivity contribution in [2.24, 2.45) is 17.8 Å². The summed E-state index contributed by atoms with van der Waals surface area (Å²) in [5, 5.41) is 29.8. The molecule has 0 heterocycles. The van der Waals surface area contributed by atoms with E-state index in [0.717, 1.165) is 88.2 Å². The van der Waals surface area contributed by atoms with Crippen LogP contribution < -0.4 is 42.5 Å². The lowest BCUT2D eigenvalue weighted by Gasteiger charge is -2.23. The van der Waals surface area contributed by atoms with E-state index in [4.69, 9.17) is 0 Å². The highest BCUT2D eigenvalue weighted by molar-refractivity contribution is 4.86. The molecule has 0 saturated heterocycles. The molecule has 0 bridgehead atoms. The Labute approximate surface area is 267 Å². The lowest BCUT2D eigenvalue weighted by atomic mass is 10.0. The summed E-state index contributed by atoms with van der Waals surface area (Å²) in [6.07, 6.45) is 18.7. The molecule has 0 radical (unpaired) electrons. The van der Waals surface area contributed by atoms with Gasteiger partial charge in [-0.1, -0.05) is 33.1 Å². The number of hydrogen-bond donors (Lipinski definition) is 8. The second kappa shape index (κ2) is 24.9. The molecule has 3 rings (SSSR count). The van der Waals surface area contributed by atoms with Gasteiger partial charge in [-0.05, 0) is 173 Å². The Morgan fingerprint density at radius 1 is 0.372 bits per heavy atom. The monoisotopic (exact) mass is 607 g/mol. The third kappa shape index (κ3) is 16.2. The Kier molecular flexibility index (Phi) is 21.5. The average molecular weight is 607 g/mol. The van der Waals surface area contributed by atoms with Gasteiger partial charge in [0.25, 0.3) is 0 Å². The van der Waals surface area contributed by atoms with Crippen LogP contribution in [0.5, 0.6) is 0 Å². The van der Waals surface area contributed by atoms with Gasteiger partial charge in [0.1, 0.15) is 0 Å². The van der Waals surface area contributed by atoms with Crippen LogP contribution in [0.1, 0.15) is 104 Å². The van der Waals surface area contributed by atoms with Gasteiger partial charge in [-0.25, -0.2) is 0 Å². The third-order valence-electron chi connectivity index (χ3n) is 10.5. The first kappa shape index (κ1) is 37.1. The van der Waals surface area contributed by atoms with E-state index in [-0.39, 0.29) is 0 Å². The molecule has 3 saturated carbocycles. The van der Waals surface area contributed by atoms with Gasteiger partial charge in [0.2, 0.25) is 0 Å². The quantitative estimate of drug-likeness (QED) is 0.0644. The Balaban J connectivity index is 1.10. The molecule has 0 aromatic rings. The summed E-state index contributed by atoms with van der Waals surface area (Å²) in [5.41, 5.74) is 0. The highest BCUT2D eigenvalue weighted by atomic mass is 15.0. The van der Waals surface area contributed by atoms with E-state index in [1.165, 1.54) is 123 Å². The van der Waals surface area contributed by atoms with Crippen molar-refractivity contribution in [2.75, 3.05) is 85.1 Å². The highest BCUT2D eigenvalue weighted by Crippen LogP contribution is 2.26. The lowest BCUT2D eigenvalue weighted by Crippen LogP contribution is -2.40.